The molecule has 0 bridgehead atoms. The van der Waals surface area contributed by atoms with E-state index in [2.05, 4.69) is 25.8 Å². The lowest BCUT2D eigenvalue weighted by molar-refractivity contribution is 0.0949. The van der Waals surface area contributed by atoms with Gasteiger partial charge in [0.25, 0.3) is 0 Å². The Kier molecular flexibility index (Phi) is 4.74. The number of likely N-dealkylation sites (tertiary alicyclic amines) is 1. The van der Waals surface area contributed by atoms with Crippen molar-refractivity contribution in [3.8, 4) is 0 Å². The number of hydrogen-bond donors (Lipinski definition) is 0. The Hall–Kier alpha value is -0.0800. The lowest BCUT2D eigenvalue weighted by atomic mass is 10.0. The van der Waals surface area contributed by atoms with Crippen LogP contribution in [0.5, 0.6) is 0 Å². The highest BCUT2D eigenvalue weighted by Gasteiger charge is 2.28. The molecule has 2 unspecified atom stereocenters. The molecule has 0 aromatic heterocycles. The van der Waals surface area contributed by atoms with Gasteiger partial charge in [0, 0.05) is 19.2 Å². The zero-order valence-electron chi connectivity index (χ0n) is 9.25. The number of ether oxygens (including phenoxy) is 1. The molecular formula is C11H23NO. The zero-order valence-corrected chi connectivity index (χ0v) is 9.25. The first-order chi connectivity index (χ1) is 6.27. The first kappa shape index (κ1) is 11.0. The highest BCUT2D eigenvalue weighted by Crippen LogP contribution is 2.25. The number of nitrogens with zero attached hydrogens (tertiary/aromatic N) is 1. The summed E-state index contributed by atoms with van der Waals surface area (Å²) in [7, 11) is 2.22. The van der Waals surface area contributed by atoms with Gasteiger partial charge in [-0.3, -0.25) is 0 Å². The number of rotatable bonds is 5. The second-order valence-corrected chi connectivity index (χ2v) is 4.14. The molecule has 78 valence electrons. The van der Waals surface area contributed by atoms with Gasteiger partial charge in [-0.25, -0.2) is 0 Å². The number of likely N-dealkylation sites (N-methyl/N-ethyl adjacent to an activating group) is 1. The third-order valence-corrected chi connectivity index (χ3v) is 2.99. The average molecular weight is 185 g/mol. The van der Waals surface area contributed by atoms with Crippen molar-refractivity contribution in [1.82, 2.24) is 4.90 Å². The molecule has 0 saturated carbocycles. The second kappa shape index (κ2) is 5.61. The van der Waals surface area contributed by atoms with Crippen molar-refractivity contribution in [3.63, 3.8) is 0 Å². The van der Waals surface area contributed by atoms with Crippen LogP contribution in [0, 0.1) is 5.92 Å². The quantitative estimate of drug-likeness (QED) is 0.650. The molecule has 2 nitrogen and oxygen atoms in total. The molecule has 1 heterocycles. The minimum absolute atomic E-state index is 0.677. The van der Waals surface area contributed by atoms with E-state index in [1.807, 2.05) is 0 Å². The van der Waals surface area contributed by atoms with Gasteiger partial charge in [0.1, 0.15) is 0 Å². The fourth-order valence-electron chi connectivity index (χ4n) is 2.26. The second-order valence-electron chi connectivity index (χ2n) is 4.14. The Balaban J connectivity index is 2.24. The van der Waals surface area contributed by atoms with Gasteiger partial charge in [0.05, 0.1) is 6.61 Å². The van der Waals surface area contributed by atoms with Crippen LogP contribution >= 0.6 is 0 Å². The predicted octanol–water partition coefficient (Wildman–Crippen LogP) is 2.14. The van der Waals surface area contributed by atoms with Crippen molar-refractivity contribution < 1.29 is 4.74 Å². The summed E-state index contributed by atoms with van der Waals surface area (Å²) in [5.41, 5.74) is 0. The van der Waals surface area contributed by atoms with Crippen molar-refractivity contribution in [1.29, 1.82) is 0 Å². The molecule has 1 fully saturated rings. The molecule has 1 aliphatic heterocycles. The lowest BCUT2D eigenvalue weighted by Gasteiger charge is -2.18. The molecule has 0 aromatic rings. The van der Waals surface area contributed by atoms with Gasteiger partial charge in [-0.1, -0.05) is 13.3 Å². The molecule has 0 N–H and O–H groups in total. The van der Waals surface area contributed by atoms with E-state index in [1.54, 1.807) is 0 Å². The molecule has 0 aromatic carbocycles. The van der Waals surface area contributed by atoms with Crippen molar-refractivity contribution in [2.24, 2.45) is 5.92 Å². The van der Waals surface area contributed by atoms with Crippen LogP contribution in [0.2, 0.25) is 0 Å². The van der Waals surface area contributed by atoms with E-state index in [1.165, 1.54) is 25.8 Å². The fourth-order valence-corrected chi connectivity index (χ4v) is 2.26. The monoisotopic (exact) mass is 185 g/mol. The first-order valence-electron chi connectivity index (χ1n) is 5.55. The Morgan fingerprint density at radius 2 is 2.15 bits per heavy atom. The Bertz CT molecular complexity index is 138. The highest BCUT2D eigenvalue weighted by atomic mass is 16.5. The Morgan fingerprint density at radius 1 is 1.38 bits per heavy atom. The summed E-state index contributed by atoms with van der Waals surface area (Å²) < 4.78 is 5.47. The molecule has 1 aliphatic rings. The van der Waals surface area contributed by atoms with Gasteiger partial charge >= 0.3 is 0 Å². The fraction of sp³-hybridized carbons (Fsp3) is 1.00. The summed E-state index contributed by atoms with van der Waals surface area (Å²) in [6.07, 6.45) is 4.04. The molecule has 1 saturated heterocycles. The van der Waals surface area contributed by atoms with E-state index in [0.29, 0.717) is 6.04 Å². The lowest BCUT2D eigenvalue weighted by Crippen LogP contribution is -2.29. The van der Waals surface area contributed by atoms with Crippen molar-refractivity contribution in [2.45, 2.75) is 39.2 Å². The maximum atomic E-state index is 5.47. The number of hydrogen-bond acceptors (Lipinski definition) is 2. The van der Waals surface area contributed by atoms with Crippen LogP contribution in [-0.2, 0) is 4.74 Å². The first-order valence-corrected chi connectivity index (χ1v) is 5.55. The molecule has 2 heteroatoms. The minimum Gasteiger partial charge on any atom is -0.380 e. The summed E-state index contributed by atoms with van der Waals surface area (Å²) in [6.45, 7) is 7.38. The summed E-state index contributed by atoms with van der Waals surface area (Å²) in [5.74, 6) is 0.917. The van der Waals surface area contributed by atoms with Gasteiger partial charge < -0.3 is 9.64 Å². The Labute approximate surface area is 82.3 Å². The van der Waals surface area contributed by atoms with E-state index in [0.717, 1.165) is 19.1 Å². The molecule has 0 aliphatic carbocycles. The van der Waals surface area contributed by atoms with Crippen LogP contribution in [-0.4, -0.2) is 37.7 Å². The molecule has 2 atom stereocenters. The van der Waals surface area contributed by atoms with Gasteiger partial charge in [-0.05, 0) is 32.7 Å². The van der Waals surface area contributed by atoms with E-state index in [9.17, 15) is 0 Å². The van der Waals surface area contributed by atoms with Gasteiger partial charge in [0.2, 0.25) is 0 Å². The van der Waals surface area contributed by atoms with Crippen LogP contribution in [0.15, 0.2) is 0 Å². The van der Waals surface area contributed by atoms with E-state index >= 15 is 0 Å². The maximum Gasteiger partial charge on any atom is 0.0621 e. The molecule has 0 amide bonds. The molecule has 0 radical (unpaired) electrons. The van der Waals surface area contributed by atoms with Gasteiger partial charge in [-0.2, -0.15) is 0 Å². The summed E-state index contributed by atoms with van der Waals surface area (Å²) in [5, 5.41) is 0. The average Bonchev–Trinajstić information content (AvgIpc) is 2.44. The molecule has 13 heavy (non-hydrogen) atoms. The molecule has 0 spiro atoms. The summed E-state index contributed by atoms with van der Waals surface area (Å²) in [6, 6.07) is 0.677. The van der Waals surface area contributed by atoms with E-state index < -0.39 is 0 Å². The van der Waals surface area contributed by atoms with Crippen LogP contribution in [0.3, 0.4) is 0 Å². The van der Waals surface area contributed by atoms with Crippen LogP contribution in [0.1, 0.15) is 33.1 Å². The highest BCUT2D eigenvalue weighted by molar-refractivity contribution is 4.82. The molecule has 1 rings (SSSR count). The van der Waals surface area contributed by atoms with Crippen LogP contribution in [0.4, 0.5) is 0 Å². The van der Waals surface area contributed by atoms with Crippen LogP contribution < -0.4 is 0 Å². The normalized spacial score (nSPS) is 29.8. The van der Waals surface area contributed by atoms with E-state index in [4.69, 9.17) is 4.74 Å². The third kappa shape index (κ3) is 3.28. The molecular weight excluding hydrogens is 162 g/mol. The standard InChI is InChI=1S/C11H23NO/c1-4-6-10-7-11(9-13-5-2)12(3)8-10/h10-11H,4-9H2,1-3H3. The predicted molar refractivity (Wildman–Crippen MR) is 55.9 cm³/mol. The smallest absolute Gasteiger partial charge is 0.0621 e. The SMILES string of the molecule is CCCC1CC(COCC)N(C)C1. The summed E-state index contributed by atoms with van der Waals surface area (Å²) in [4.78, 5) is 2.45. The third-order valence-electron chi connectivity index (χ3n) is 2.99. The topological polar surface area (TPSA) is 12.5 Å². The van der Waals surface area contributed by atoms with Gasteiger partial charge in [0.15, 0.2) is 0 Å². The van der Waals surface area contributed by atoms with Crippen molar-refractivity contribution >= 4 is 0 Å². The van der Waals surface area contributed by atoms with Crippen molar-refractivity contribution in [2.75, 3.05) is 26.8 Å². The summed E-state index contributed by atoms with van der Waals surface area (Å²) >= 11 is 0. The van der Waals surface area contributed by atoms with Gasteiger partial charge in [-0.15, -0.1) is 0 Å². The maximum absolute atomic E-state index is 5.47. The van der Waals surface area contributed by atoms with E-state index in [-0.39, 0.29) is 0 Å². The van der Waals surface area contributed by atoms with Crippen LogP contribution in [0.25, 0.3) is 0 Å². The zero-order chi connectivity index (χ0) is 9.68. The van der Waals surface area contributed by atoms with Crippen molar-refractivity contribution in [3.05, 3.63) is 0 Å². The Morgan fingerprint density at radius 3 is 2.77 bits per heavy atom. The largest absolute Gasteiger partial charge is 0.380 e. The minimum atomic E-state index is 0.677.